The van der Waals surface area contributed by atoms with Crippen LogP contribution in [0.5, 0.6) is 0 Å². The van der Waals surface area contributed by atoms with Crippen LogP contribution in [0.1, 0.15) is 0 Å². The highest BCUT2D eigenvalue weighted by Gasteiger charge is 2.22. The van der Waals surface area contributed by atoms with Gasteiger partial charge in [0.1, 0.15) is 6.61 Å². The van der Waals surface area contributed by atoms with Gasteiger partial charge in [0.05, 0.1) is 30.0 Å². The van der Waals surface area contributed by atoms with E-state index >= 15 is 0 Å². The lowest BCUT2D eigenvalue weighted by Gasteiger charge is -2.29. The molecule has 6 heteroatoms. The zero-order valence-corrected chi connectivity index (χ0v) is 11.3. The number of hydrogen-bond donors (Lipinski definition) is 2. The summed E-state index contributed by atoms with van der Waals surface area (Å²) in [4.78, 5) is 13.5. The average Bonchev–Trinajstić information content (AvgIpc) is 2.45. The Labute approximate surface area is 117 Å². The number of ether oxygens (including phenoxy) is 1. The van der Waals surface area contributed by atoms with Gasteiger partial charge < -0.3 is 20.1 Å². The predicted octanol–water partition coefficient (Wildman–Crippen LogP) is 1.06. The third kappa shape index (κ3) is 3.59. The van der Waals surface area contributed by atoms with Crippen LogP contribution in [0.2, 0.25) is 0 Å². The van der Waals surface area contributed by atoms with Gasteiger partial charge in [-0.1, -0.05) is 12.1 Å². The summed E-state index contributed by atoms with van der Waals surface area (Å²) in [5.41, 5.74) is 1.61. The van der Waals surface area contributed by atoms with Crippen LogP contribution in [-0.4, -0.2) is 49.3 Å². The summed E-state index contributed by atoms with van der Waals surface area (Å²) in [6, 6.07) is 7.50. The lowest BCUT2D eigenvalue weighted by atomic mass is 10.2. The molecular formula is C13H17ClN2O3. The van der Waals surface area contributed by atoms with E-state index in [9.17, 15) is 9.90 Å². The molecule has 1 saturated heterocycles. The molecule has 1 aromatic rings. The fourth-order valence-electron chi connectivity index (χ4n) is 1.91. The molecule has 1 fully saturated rings. The highest BCUT2D eigenvalue weighted by molar-refractivity contribution is 6.18. The average molecular weight is 285 g/mol. The number of carbonyl (C=O) groups is 1. The van der Waals surface area contributed by atoms with Crippen LogP contribution in [0.3, 0.4) is 0 Å². The van der Waals surface area contributed by atoms with Crippen LogP contribution in [0, 0.1) is 0 Å². The number of para-hydroxylation sites is 2. The Balaban J connectivity index is 2.13. The minimum atomic E-state index is -0.616. The molecule has 2 N–H and O–H groups in total. The fourth-order valence-corrected chi connectivity index (χ4v) is 2.02. The summed E-state index contributed by atoms with van der Waals surface area (Å²) in [7, 11) is 0. The first-order valence-electron chi connectivity index (χ1n) is 6.17. The Kier molecular flexibility index (Phi) is 5.01. The largest absolute Gasteiger partial charge is 0.390 e. The minimum Gasteiger partial charge on any atom is -0.390 e. The number of halogens is 1. The van der Waals surface area contributed by atoms with E-state index in [2.05, 4.69) is 5.32 Å². The molecule has 1 aromatic carbocycles. The van der Waals surface area contributed by atoms with Gasteiger partial charge in [0, 0.05) is 13.1 Å². The maximum atomic E-state index is 11.8. The van der Waals surface area contributed by atoms with Crippen LogP contribution in [0.4, 0.5) is 11.4 Å². The van der Waals surface area contributed by atoms with Crippen molar-refractivity contribution in [3.63, 3.8) is 0 Å². The van der Waals surface area contributed by atoms with Crippen molar-refractivity contribution in [1.29, 1.82) is 0 Å². The van der Waals surface area contributed by atoms with E-state index in [4.69, 9.17) is 16.3 Å². The Bertz CT molecular complexity index is 442. The third-order valence-corrected chi connectivity index (χ3v) is 3.24. The van der Waals surface area contributed by atoms with Gasteiger partial charge in [0.25, 0.3) is 5.91 Å². The molecule has 0 spiro atoms. The Morgan fingerprint density at radius 3 is 3.00 bits per heavy atom. The first-order valence-corrected chi connectivity index (χ1v) is 6.71. The number of carbonyl (C=O) groups excluding carboxylic acids is 1. The normalized spacial score (nSPS) is 17.4. The maximum Gasteiger partial charge on any atom is 0.253 e. The number of aliphatic hydroxyl groups is 1. The summed E-state index contributed by atoms with van der Waals surface area (Å²) in [5, 5.41) is 12.6. The number of aliphatic hydroxyl groups excluding tert-OH is 1. The van der Waals surface area contributed by atoms with E-state index in [1.54, 1.807) is 4.90 Å². The number of alkyl halides is 1. The van der Waals surface area contributed by atoms with Gasteiger partial charge in [-0.2, -0.15) is 0 Å². The summed E-state index contributed by atoms with van der Waals surface area (Å²) >= 11 is 5.56. The van der Waals surface area contributed by atoms with E-state index < -0.39 is 6.10 Å². The second-order valence-electron chi connectivity index (χ2n) is 4.30. The van der Waals surface area contributed by atoms with Crippen molar-refractivity contribution >= 4 is 28.9 Å². The van der Waals surface area contributed by atoms with Gasteiger partial charge in [-0.3, -0.25) is 4.79 Å². The topological polar surface area (TPSA) is 61.8 Å². The quantitative estimate of drug-likeness (QED) is 0.794. The Morgan fingerprint density at radius 1 is 1.47 bits per heavy atom. The van der Waals surface area contributed by atoms with Crippen LogP contribution < -0.4 is 10.2 Å². The van der Waals surface area contributed by atoms with Crippen LogP contribution in [0.15, 0.2) is 24.3 Å². The van der Waals surface area contributed by atoms with Crippen LogP contribution in [0.25, 0.3) is 0 Å². The monoisotopic (exact) mass is 284 g/mol. The van der Waals surface area contributed by atoms with Crippen molar-refractivity contribution in [1.82, 2.24) is 0 Å². The number of morpholine rings is 1. The van der Waals surface area contributed by atoms with Crippen molar-refractivity contribution < 1.29 is 14.6 Å². The molecule has 0 radical (unpaired) electrons. The molecule has 1 heterocycles. The van der Waals surface area contributed by atoms with E-state index in [0.29, 0.717) is 19.7 Å². The van der Waals surface area contributed by atoms with E-state index in [1.165, 1.54) is 0 Å². The minimum absolute atomic E-state index is 0.0570. The number of nitrogens with one attached hydrogen (secondary N) is 1. The summed E-state index contributed by atoms with van der Waals surface area (Å²) in [5.74, 6) is 0.115. The van der Waals surface area contributed by atoms with Crippen molar-refractivity contribution in [2.24, 2.45) is 0 Å². The molecule has 0 saturated carbocycles. The van der Waals surface area contributed by atoms with Crippen molar-refractivity contribution in [3.8, 4) is 0 Å². The standard InChI is InChI=1S/C13H17ClN2O3/c14-7-10(17)8-15-11-3-1-2-4-12(11)16-5-6-19-9-13(16)18/h1-4,10,15,17H,5-9H2/t10-/m1/s1. The number of hydrogen-bond acceptors (Lipinski definition) is 4. The zero-order chi connectivity index (χ0) is 13.7. The highest BCUT2D eigenvalue weighted by Crippen LogP contribution is 2.26. The lowest BCUT2D eigenvalue weighted by Crippen LogP contribution is -2.42. The number of benzene rings is 1. The summed E-state index contributed by atoms with van der Waals surface area (Å²) in [6.07, 6.45) is -0.616. The molecule has 1 atom stereocenters. The molecule has 0 aliphatic carbocycles. The number of nitrogens with zero attached hydrogens (tertiary/aromatic N) is 1. The molecule has 0 bridgehead atoms. The third-order valence-electron chi connectivity index (χ3n) is 2.89. The maximum absolute atomic E-state index is 11.8. The lowest BCUT2D eigenvalue weighted by molar-refractivity contribution is -0.125. The van der Waals surface area contributed by atoms with Gasteiger partial charge >= 0.3 is 0 Å². The van der Waals surface area contributed by atoms with Crippen molar-refractivity contribution in [2.75, 3.05) is 42.4 Å². The highest BCUT2D eigenvalue weighted by atomic mass is 35.5. The van der Waals surface area contributed by atoms with Crippen molar-refractivity contribution in [3.05, 3.63) is 24.3 Å². The molecule has 5 nitrogen and oxygen atoms in total. The Hall–Kier alpha value is -1.30. The molecule has 1 amide bonds. The SMILES string of the molecule is O=C1COCCN1c1ccccc1NC[C@H](O)CCl. The number of rotatable bonds is 5. The molecular weight excluding hydrogens is 268 g/mol. The van der Waals surface area contributed by atoms with Gasteiger partial charge in [-0.15, -0.1) is 11.6 Å². The van der Waals surface area contributed by atoms with Gasteiger partial charge in [-0.05, 0) is 12.1 Å². The number of anilines is 2. The molecule has 2 rings (SSSR count). The molecule has 0 aromatic heterocycles. The second-order valence-corrected chi connectivity index (χ2v) is 4.61. The zero-order valence-electron chi connectivity index (χ0n) is 10.5. The van der Waals surface area contributed by atoms with Gasteiger partial charge in [0.15, 0.2) is 0 Å². The first kappa shape index (κ1) is 14.1. The summed E-state index contributed by atoms with van der Waals surface area (Å²) < 4.78 is 5.12. The van der Waals surface area contributed by atoms with Crippen LogP contribution in [-0.2, 0) is 9.53 Å². The molecule has 0 unspecified atom stereocenters. The van der Waals surface area contributed by atoms with Gasteiger partial charge in [0.2, 0.25) is 0 Å². The molecule has 1 aliphatic heterocycles. The van der Waals surface area contributed by atoms with Crippen LogP contribution >= 0.6 is 11.6 Å². The number of amides is 1. The van der Waals surface area contributed by atoms with Crippen molar-refractivity contribution in [2.45, 2.75) is 6.10 Å². The van der Waals surface area contributed by atoms with E-state index in [-0.39, 0.29) is 18.4 Å². The smallest absolute Gasteiger partial charge is 0.253 e. The second kappa shape index (κ2) is 6.75. The molecule has 1 aliphatic rings. The molecule has 104 valence electrons. The fraction of sp³-hybridized carbons (Fsp3) is 0.462. The van der Waals surface area contributed by atoms with E-state index in [1.807, 2.05) is 24.3 Å². The van der Waals surface area contributed by atoms with Gasteiger partial charge in [-0.25, -0.2) is 0 Å². The molecule has 19 heavy (non-hydrogen) atoms. The summed E-state index contributed by atoms with van der Waals surface area (Å²) in [6.45, 7) is 1.53. The Morgan fingerprint density at radius 2 is 2.26 bits per heavy atom. The first-order chi connectivity index (χ1) is 9.22. The van der Waals surface area contributed by atoms with E-state index in [0.717, 1.165) is 11.4 Å². The predicted molar refractivity (Wildman–Crippen MR) is 74.8 cm³/mol.